The first-order valence-electron chi connectivity index (χ1n) is 13.5. The van der Waals surface area contributed by atoms with Gasteiger partial charge in [0.25, 0.3) is 5.56 Å². The van der Waals surface area contributed by atoms with Gasteiger partial charge in [0.05, 0.1) is 12.7 Å². The van der Waals surface area contributed by atoms with E-state index < -0.39 is 83.5 Å². The van der Waals surface area contributed by atoms with Crippen molar-refractivity contribution in [2.45, 2.75) is 38.4 Å². The van der Waals surface area contributed by atoms with Gasteiger partial charge in [-0.1, -0.05) is 0 Å². The number of aromatic hydroxyl groups is 2. The second-order valence-electron chi connectivity index (χ2n) is 9.98. The van der Waals surface area contributed by atoms with Crippen LogP contribution in [0.2, 0.25) is 0 Å². The zero-order valence-electron chi connectivity index (χ0n) is 25.0. The van der Waals surface area contributed by atoms with Crippen LogP contribution in [0.25, 0.3) is 0 Å². The molecule has 1 saturated heterocycles. The molecule has 0 radical (unpaired) electrons. The number of benzene rings is 2. The second kappa shape index (κ2) is 13.9. The molecule has 0 unspecified atom stereocenters. The van der Waals surface area contributed by atoms with E-state index in [1.54, 1.807) is 0 Å². The molecule has 248 valence electrons. The number of hydrogen-bond donors (Lipinski definition) is 4. The van der Waals surface area contributed by atoms with Crippen molar-refractivity contribution < 1.29 is 62.9 Å². The molecule has 4 rings (SSSR count). The molecule has 4 N–H and O–H groups in total. The van der Waals surface area contributed by atoms with Gasteiger partial charge in [-0.25, -0.2) is 19.2 Å². The van der Waals surface area contributed by atoms with Gasteiger partial charge >= 0.3 is 29.6 Å². The standard InChI is InChI=1S/C30H28N2O15/c1-13-9-17(34)11-20(42-4)23(13)29(40)47-24-21(46-26(25(24)45-15(3)33)32-8-7-22(36)31-30(32)41)12-43-28(39)16-5-6-18(35)19(10-16)44-14(2)27(37)38/h5-11,21,24-26,34-35H,2,12H2,1,3-4H3,(H,37,38)(H,31,36,41)/t21-,24-,25-,26+/m1/s1. The third-order valence-corrected chi connectivity index (χ3v) is 6.71. The Morgan fingerprint density at radius 2 is 1.72 bits per heavy atom. The Labute approximate surface area is 264 Å². The van der Waals surface area contributed by atoms with E-state index >= 15 is 0 Å². The number of methoxy groups -OCH3 is 1. The number of nitrogens with one attached hydrogen (secondary N) is 1. The lowest BCUT2D eigenvalue weighted by Gasteiger charge is -2.25. The van der Waals surface area contributed by atoms with Crippen LogP contribution in [0.4, 0.5) is 0 Å². The predicted octanol–water partition coefficient (Wildman–Crippen LogP) is 1.15. The van der Waals surface area contributed by atoms with Crippen LogP contribution in [0.15, 0.2) is 64.5 Å². The highest BCUT2D eigenvalue weighted by atomic mass is 16.7. The van der Waals surface area contributed by atoms with Crippen molar-refractivity contribution in [2.24, 2.45) is 0 Å². The number of ether oxygens (including phenoxy) is 6. The number of carbonyl (C=O) groups is 4. The van der Waals surface area contributed by atoms with Crippen molar-refractivity contribution in [2.75, 3.05) is 13.7 Å². The molecule has 17 nitrogen and oxygen atoms in total. The Bertz CT molecular complexity index is 1860. The highest BCUT2D eigenvalue weighted by molar-refractivity contribution is 5.95. The molecule has 1 fully saturated rings. The van der Waals surface area contributed by atoms with Gasteiger partial charge in [0.1, 0.15) is 29.8 Å². The number of aliphatic carboxylic acids is 1. The average molecular weight is 657 g/mol. The van der Waals surface area contributed by atoms with Crippen molar-refractivity contribution in [1.82, 2.24) is 9.55 Å². The summed E-state index contributed by atoms with van der Waals surface area (Å²) in [5, 5.41) is 29.0. The van der Waals surface area contributed by atoms with Crippen molar-refractivity contribution in [3.63, 3.8) is 0 Å². The van der Waals surface area contributed by atoms with Crippen molar-refractivity contribution in [3.05, 3.63) is 92.5 Å². The Morgan fingerprint density at radius 1 is 1.00 bits per heavy atom. The van der Waals surface area contributed by atoms with Crippen molar-refractivity contribution in [3.8, 4) is 23.0 Å². The molecule has 1 aliphatic heterocycles. The molecular weight excluding hydrogens is 628 g/mol. The van der Waals surface area contributed by atoms with E-state index in [2.05, 4.69) is 6.58 Å². The molecule has 17 heteroatoms. The number of aromatic nitrogens is 2. The maximum atomic E-state index is 13.5. The summed E-state index contributed by atoms with van der Waals surface area (Å²) in [5.74, 6) is -6.35. The maximum absolute atomic E-state index is 13.5. The van der Waals surface area contributed by atoms with Crippen LogP contribution in [-0.2, 0) is 28.5 Å². The van der Waals surface area contributed by atoms with Gasteiger partial charge in [-0.05, 0) is 43.3 Å². The lowest BCUT2D eigenvalue weighted by Crippen LogP contribution is -2.42. The van der Waals surface area contributed by atoms with Gasteiger partial charge in [-0.15, -0.1) is 0 Å². The van der Waals surface area contributed by atoms with Crippen molar-refractivity contribution >= 4 is 23.9 Å². The number of phenols is 2. The van der Waals surface area contributed by atoms with E-state index in [-0.39, 0.29) is 28.2 Å². The number of phenolic OH excluding ortho intramolecular Hbond substituents is 2. The van der Waals surface area contributed by atoms with Crippen LogP contribution in [0.3, 0.4) is 0 Å². The van der Waals surface area contributed by atoms with Crippen LogP contribution in [-0.4, -0.2) is 80.8 Å². The molecule has 1 aromatic heterocycles. The minimum atomic E-state index is -1.54. The Balaban J connectivity index is 1.68. The molecule has 0 saturated carbocycles. The van der Waals surface area contributed by atoms with E-state index in [0.717, 1.165) is 42.0 Å². The Kier molecular flexibility index (Phi) is 9.99. The lowest BCUT2D eigenvalue weighted by molar-refractivity contribution is -0.156. The molecule has 47 heavy (non-hydrogen) atoms. The van der Waals surface area contributed by atoms with Crippen LogP contribution in [0.5, 0.6) is 23.0 Å². The summed E-state index contributed by atoms with van der Waals surface area (Å²) in [5.41, 5.74) is -1.76. The molecule has 3 aromatic rings. The Hall–Kier alpha value is -6.10. The van der Waals surface area contributed by atoms with Crippen molar-refractivity contribution in [1.29, 1.82) is 0 Å². The topological polar surface area (TPSA) is 239 Å². The van der Waals surface area contributed by atoms with Crippen LogP contribution in [0.1, 0.15) is 39.4 Å². The molecule has 0 amide bonds. The maximum Gasteiger partial charge on any atom is 0.371 e. The minimum Gasteiger partial charge on any atom is -0.508 e. The number of esters is 3. The average Bonchev–Trinajstić information content (AvgIpc) is 3.31. The largest absolute Gasteiger partial charge is 0.508 e. The van der Waals surface area contributed by atoms with E-state index in [1.807, 2.05) is 4.98 Å². The number of H-pyrrole nitrogens is 1. The molecule has 0 aliphatic carbocycles. The fourth-order valence-corrected chi connectivity index (χ4v) is 4.64. The van der Waals surface area contributed by atoms with Gasteiger partial charge in [0.2, 0.25) is 5.76 Å². The number of hydrogen-bond acceptors (Lipinski definition) is 14. The molecule has 1 aliphatic rings. The summed E-state index contributed by atoms with van der Waals surface area (Å²) in [6.07, 6.45) is -4.91. The predicted molar refractivity (Wildman–Crippen MR) is 155 cm³/mol. The smallest absolute Gasteiger partial charge is 0.371 e. The molecule has 0 bridgehead atoms. The minimum absolute atomic E-state index is 0.0530. The van der Waals surface area contributed by atoms with E-state index in [9.17, 15) is 39.0 Å². The Morgan fingerprint density at radius 3 is 2.36 bits per heavy atom. The summed E-state index contributed by atoms with van der Waals surface area (Å²) in [6, 6.07) is 6.62. The van der Waals surface area contributed by atoms with Gasteiger partial charge in [0.15, 0.2) is 29.9 Å². The fraction of sp³-hybridized carbons (Fsp3) is 0.267. The summed E-state index contributed by atoms with van der Waals surface area (Å²) < 4.78 is 33.6. The quantitative estimate of drug-likeness (QED) is 0.0980. The first-order chi connectivity index (χ1) is 22.2. The van der Waals surface area contributed by atoms with Crippen LogP contribution >= 0.6 is 0 Å². The zero-order valence-corrected chi connectivity index (χ0v) is 25.0. The second-order valence-corrected chi connectivity index (χ2v) is 9.98. The van der Waals surface area contributed by atoms with E-state index in [1.165, 1.54) is 26.2 Å². The SMILES string of the molecule is C=C(Oc1cc(C(=O)OC[C@H]2O[C@H](n3ccc(=O)[nH]c3=O)[C@H](OC(C)=O)[C@@H]2OC(=O)c2c(C)cc(O)cc2OC)ccc1O)C(=O)O. The summed E-state index contributed by atoms with van der Waals surface area (Å²) in [4.78, 5) is 76.2. The third kappa shape index (κ3) is 7.59. The van der Waals surface area contributed by atoms with Gasteiger partial charge in [-0.2, -0.15) is 0 Å². The molecule has 0 spiro atoms. The zero-order chi connectivity index (χ0) is 34.6. The summed E-state index contributed by atoms with van der Waals surface area (Å²) in [7, 11) is 1.25. The first kappa shape index (κ1) is 33.8. The first-order valence-corrected chi connectivity index (χ1v) is 13.5. The molecule has 2 heterocycles. The van der Waals surface area contributed by atoms with E-state index in [0.29, 0.717) is 0 Å². The number of aromatic amines is 1. The van der Waals surface area contributed by atoms with Gasteiger partial charge in [0, 0.05) is 25.3 Å². The molecular formula is C30H28N2O15. The lowest BCUT2D eigenvalue weighted by atomic mass is 10.1. The number of nitrogens with zero attached hydrogens (tertiary/aromatic N) is 1. The van der Waals surface area contributed by atoms with E-state index in [4.69, 9.17) is 33.5 Å². The number of carboxylic acids is 1. The van der Waals surface area contributed by atoms with Gasteiger partial charge < -0.3 is 43.7 Å². The van der Waals surface area contributed by atoms with Crippen LogP contribution < -0.4 is 20.7 Å². The molecule has 4 atom stereocenters. The highest BCUT2D eigenvalue weighted by Crippen LogP contribution is 2.36. The number of aryl methyl sites for hydroxylation is 1. The van der Waals surface area contributed by atoms with Gasteiger partial charge in [-0.3, -0.25) is 19.1 Å². The highest BCUT2D eigenvalue weighted by Gasteiger charge is 2.51. The monoisotopic (exact) mass is 656 g/mol. The van der Waals surface area contributed by atoms with Crippen LogP contribution in [0, 0.1) is 6.92 Å². The summed E-state index contributed by atoms with van der Waals surface area (Å²) >= 11 is 0. The number of rotatable bonds is 11. The normalized spacial score (nSPS) is 18.5. The third-order valence-electron chi connectivity index (χ3n) is 6.71. The number of carboxylic acid groups (broad SMARTS) is 1. The molecule has 2 aromatic carbocycles. The number of carbonyl (C=O) groups excluding carboxylic acids is 3. The summed E-state index contributed by atoms with van der Waals surface area (Å²) in [6.45, 7) is 5.07. The fourth-order valence-electron chi connectivity index (χ4n) is 4.64.